The lowest BCUT2D eigenvalue weighted by Crippen LogP contribution is -2.41. The van der Waals surface area contributed by atoms with E-state index >= 15 is 0 Å². The number of carbonyl (C=O) groups excluding carboxylic acids is 1. The van der Waals surface area contributed by atoms with E-state index < -0.39 is 0 Å². The summed E-state index contributed by atoms with van der Waals surface area (Å²) in [4.78, 5) is 12.1. The Labute approximate surface area is 107 Å². The topological polar surface area (TPSA) is 64.3 Å². The van der Waals surface area contributed by atoms with Crippen molar-refractivity contribution < 1.29 is 9.53 Å². The Morgan fingerprint density at radius 1 is 1.39 bits per heavy atom. The second-order valence-electron chi connectivity index (χ2n) is 5.11. The van der Waals surface area contributed by atoms with Crippen molar-refractivity contribution in [1.82, 2.24) is 5.32 Å². The minimum Gasteiger partial charge on any atom is -0.381 e. The van der Waals surface area contributed by atoms with Crippen LogP contribution < -0.4 is 11.1 Å². The van der Waals surface area contributed by atoms with E-state index in [4.69, 9.17) is 10.5 Å². The van der Waals surface area contributed by atoms with Crippen LogP contribution in [-0.2, 0) is 16.0 Å². The number of amides is 1. The van der Waals surface area contributed by atoms with E-state index in [0.717, 1.165) is 18.4 Å². The van der Waals surface area contributed by atoms with Gasteiger partial charge in [-0.3, -0.25) is 4.79 Å². The fraction of sp³-hybridized carbons (Fsp3) is 0.500. The molecule has 2 aliphatic rings. The van der Waals surface area contributed by atoms with E-state index in [1.165, 1.54) is 5.56 Å². The second-order valence-corrected chi connectivity index (χ2v) is 5.11. The zero-order valence-corrected chi connectivity index (χ0v) is 10.3. The second kappa shape index (κ2) is 4.71. The van der Waals surface area contributed by atoms with Crippen LogP contribution in [0.1, 0.15) is 23.6 Å². The minimum atomic E-state index is -0.0469. The van der Waals surface area contributed by atoms with Gasteiger partial charge < -0.3 is 15.8 Å². The molecule has 1 fully saturated rings. The lowest BCUT2D eigenvalue weighted by Gasteiger charge is -2.20. The Bertz CT molecular complexity index is 455. The molecular formula is C14H18N2O2. The number of nitrogens with two attached hydrogens (primary N) is 1. The van der Waals surface area contributed by atoms with Crippen molar-refractivity contribution in [1.29, 1.82) is 0 Å². The van der Waals surface area contributed by atoms with Gasteiger partial charge in [0.2, 0.25) is 5.91 Å². The van der Waals surface area contributed by atoms with Crippen LogP contribution in [0.2, 0.25) is 0 Å². The van der Waals surface area contributed by atoms with Gasteiger partial charge in [-0.05, 0) is 24.0 Å². The van der Waals surface area contributed by atoms with Gasteiger partial charge in [0.15, 0.2) is 0 Å². The Morgan fingerprint density at radius 3 is 3.00 bits per heavy atom. The minimum absolute atomic E-state index is 0.00929. The van der Waals surface area contributed by atoms with Gasteiger partial charge in [0.1, 0.15) is 0 Å². The van der Waals surface area contributed by atoms with E-state index in [9.17, 15) is 4.79 Å². The van der Waals surface area contributed by atoms with Crippen molar-refractivity contribution in [2.75, 3.05) is 13.2 Å². The predicted octanol–water partition coefficient (Wildman–Crippen LogP) is 0.764. The summed E-state index contributed by atoms with van der Waals surface area (Å²) >= 11 is 0. The summed E-state index contributed by atoms with van der Waals surface area (Å²) in [5.41, 5.74) is 8.54. The SMILES string of the molecule is NC1Cc2ccccc2C1NC(=O)C1CCOC1. The van der Waals surface area contributed by atoms with Gasteiger partial charge >= 0.3 is 0 Å². The molecule has 3 rings (SSSR count). The molecule has 1 saturated heterocycles. The molecule has 1 aliphatic carbocycles. The summed E-state index contributed by atoms with van der Waals surface area (Å²) in [7, 11) is 0. The van der Waals surface area contributed by atoms with Crippen LogP contribution in [0.25, 0.3) is 0 Å². The first-order valence-electron chi connectivity index (χ1n) is 6.47. The summed E-state index contributed by atoms with van der Waals surface area (Å²) in [5, 5.41) is 3.08. The summed E-state index contributed by atoms with van der Waals surface area (Å²) in [6.07, 6.45) is 1.65. The maximum atomic E-state index is 12.1. The van der Waals surface area contributed by atoms with Crippen LogP contribution in [0.5, 0.6) is 0 Å². The lowest BCUT2D eigenvalue weighted by molar-refractivity contribution is -0.125. The van der Waals surface area contributed by atoms with Crippen molar-refractivity contribution in [2.24, 2.45) is 11.7 Å². The highest BCUT2D eigenvalue weighted by molar-refractivity contribution is 5.79. The Morgan fingerprint density at radius 2 is 2.22 bits per heavy atom. The summed E-state index contributed by atoms with van der Waals surface area (Å²) in [5.74, 6) is 0.0645. The molecular weight excluding hydrogens is 228 g/mol. The fourth-order valence-corrected chi connectivity index (χ4v) is 2.82. The number of ether oxygens (including phenoxy) is 1. The van der Waals surface area contributed by atoms with Crippen molar-refractivity contribution in [3.63, 3.8) is 0 Å². The number of hydrogen-bond donors (Lipinski definition) is 2. The molecule has 0 radical (unpaired) electrons. The molecule has 1 amide bonds. The molecule has 1 heterocycles. The molecule has 0 aromatic heterocycles. The molecule has 1 aliphatic heterocycles. The maximum Gasteiger partial charge on any atom is 0.226 e. The summed E-state index contributed by atoms with van der Waals surface area (Å²) in [6, 6.07) is 8.08. The molecule has 3 unspecified atom stereocenters. The zero-order chi connectivity index (χ0) is 12.5. The number of benzene rings is 1. The molecule has 0 bridgehead atoms. The smallest absolute Gasteiger partial charge is 0.226 e. The molecule has 96 valence electrons. The first-order valence-corrected chi connectivity index (χ1v) is 6.47. The number of carbonyl (C=O) groups is 1. The van der Waals surface area contributed by atoms with Crippen LogP contribution in [0.15, 0.2) is 24.3 Å². The highest BCUT2D eigenvalue weighted by Gasteiger charge is 2.33. The van der Waals surface area contributed by atoms with Crippen molar-refractivity contribution in [3.8, 4) is 0 Å². The first-order chi connectivity index (χ1) is 8.75. The van der Waals surface area contributed by atoms with Crippen molar-refractivity contribution in [2.45, 2.75) is 24.9 Å². The van der Waals surface area contributed by atoms with Gasteiger partial charge in [-0.15, -0.1) is 0 Å². The molecule has 1 aromatic rings. The van der Waals surface area contributed by atoms with E-state index in [-0.39, 0.29) is 23.9 Å². The molecule has 0 saturated carbocycles. The van der Waals surface area contributed by atoms with Gasteiger partial charge in [-0.1, -0.05) is 24.3 Å². The van der Waals surface area contributed by atoms with E-state index in [0.29, 0.717) is 13.2 Å². The highest BCUT2D eigenvalue weighted by atomic mass is 16.5. The summed E-state index contributed by atoms with van der Waals surface area (Å²) in [6.45, 7) is 1.22. The molecule has 3 N–H and O–H groups in total. The molecule has 18 heavy (non-hydrogen) atoms. The first kappa shape index (κ1) is 11.7. The average Bonchev–Trinajstić information content (AvgIpc) is 2.98. The third-order valence-corrected chi connectivity index (χ3v) is 3.87. The summed E-state index contributed by atoms with van der Waals surface area (Å²) < 4.78 is 5.25. The molecule has 4 nitrogen and oxygen atoms in total. The molecule has 4 heteroatoms. The normalized spacial score (nSPS) is 30.2. The Balaban J connectivity index is 1.74. The van der Waals surface area contributed by atoms with Crippen LogP contribution >= 0.6 is 0 Å². The number of hydrogen-bond acceptors (Lipinski definition) is 3. The van der Waals surface area contributed by atoms with Gasteiger partial charge in [0.05, 0.1) is 18.6 Å². The average molecular weight is 246 g/mol. The standard InChI is InChI=1S/C14H18N2O2/c15-12-7-9-3-1-2-4-11(9)13(12)16-14(17)10-5-6-18-8-10/h1-4,10,12-13H,5-8,15H2,(H,16,17). The molecule has 0 spiro atoms. The number of fused-ring (bicyclic) bond motifs is 1. The van der Waals surface area contributed by atoms with Crippen LogP contribution in [0.4, 0.5) is 0 Å². The van der Waals surface area contributed by atoms with Gasteiger partial charge in [0.25, 0.3) is 0 Å². The lowest BCUT2D eigenvalue weighted by atomic mass is 10.0. The van der Waals surface area contributed by atoms with Gasteiger partial charge in [-0.25, -0.2) is 0 Å². The fourth-order valence-electron chi connectivity index (χ4n) is 2.82. The quantitative estimate of drug-likeness (QED) is 0.810. The van der Waals surface area contributed by atoms with E-state index in [1.54, 1.807) is 0 Å². The van der Waals surface area contributed by atoms with Crippen LogP contribution in [0.3, 0.4) is 0 Å². The highest BCUT2D eigenvalue weighted by Crippen LogP contribution is 2.30. The third kappa shape index (κ3) is 2.02. The monoisotopic (exact) mass is 246 g/mol. The third-order valence-electron chi connectivity index (χ3n) is 3.87. The molecule has 1 aromatic carbocycles. The predicted molar refractivity (Wildman–Crippen MR) is 67.9 cm³/mol. The largest absolute Gasteiger partial charge is 0.381 e. The van der Waals surface area contributed by atoms with E-state index in [1.807, 2.05) is 12.1 Å². The molecule has 3 atom stereocenters. The maximum absolute atomic E-state index is 12.1. The van der Waals surface area contributed by atoms with Crippen LogP contribution in [-0.4, -0.2) is 25.2 Å². The number of nitrogens with one attached hydrogen (secondary N) is 1. The Kier molecular flexibility index (Phi) is 3.06. The van der Waals surface area contributed by atoms with Gasteiger partial charge in [0, 0.05) is 12.6 Å². The zero-order valence-electron chi connectivity index (χ0n) is 10.3. The van der Waals surface area contributed by atoms with Crippen molar-refractivity contribution in [3.05, 3.63) is 35.4 Å². The van der Waals surface area contributed by atoms with Crippen molar-refractivity contribution >= 4 is 5.91 Å². The van der Waals surface area contributed by atoms with Crippen LogP contribution in [0, 0.1) is 5.92 Å². The number of rotatable bonds is 2. The van der Waals surface area contributed by atoms with Gasteiger partial charge in [-0.2, -0.15) is 0 Å². The Hall–Kier alpha value is -1.39. The van der Waals surface area contributed by atoms with E-state index in [2.05, 4.69) is 17.4 Å².